The molecule has 0 aromatic heterocycles. The molecule has 0 aliphatic carbocycles. The van der Waals surface area contributed by atoms with Crippen molar-refractivity contribution in [1.29, 1.82) is 0 Å². The molecule has 2 aromatic rings. The smallest absolute Gasteiger partial charge is 0.407 e. The van der Waals surface area contributed by atoms with Crippen LogP contribution in [0.2, 0.25) is 0 Å². The fourth-order valence-corrected chi connectivity index (χ4v) is 2.59. The molecule has 0 saturated heterocycles. The number of hydrogen-bond donors (Lipinski definition) is 2. The second-order valence-electron chi connectivity index (χ2n) is 7.13. The molecule has 4 nitrogen and oxygen atoms in total. The Kier molecular flexibility index (Phi) is 6.21. The molecule has 0 radical (unpaired) electrons. The third kappa shape index (κ3) is 5.85. The van der Waals surface area contributed by atoms with Crippen molar-refractivity contribution >= 4 is 16.9 Å². The predicted octanol–water partition coefficient (Wildman–Crippen LogP) is 3.89. The normalized spacial score (nSPS) is 12.8. The highest BCUT2D eigenvalue weighted by molar-refractivity contribution is 5.85. The first-order valence-corrected chi connectivity index (χ1v) is 8.52. The van der Waals surface area contributed by atoms with E-state index in [4.69, 9.17) is 4.74 Å². The van der Waals surface area contributed by atoms with Crippen LogP contribution in [0.15, 0.2) is 42.5 Å². The van der Waals surface area contributed by atoms with Crippen molar-refractivity contribution in [2.75, 3.05) is 13.1 Å². The second kappa shape index (κ2) is 8.15. The molecule has 0 aliphatic heterocycles. The molecule has 4 heteroatoms. The van der Waals surface area contributed by atoms with Crippen LogP contribution in [-0.2, 0) is 11.2 Å². The molecule has 0 bridgehead atoms. The van der Waals surface area contributed by atoms with Crippen LogP contribution < -0.4 is 10.6 Å². The lowest BCUT2D eigenvalue weighted by Crippen LogP contribution is -2.41. The SMILES string of the molecule is CC(CNC(=O)OC(C)(C)C)NCCc1cccc2ccccc12. The Balaban J connectivity index is 1.76. The highest BCUT2D eigenvalue weighted by Crippen LogP contribution is 2.18. The largest absolute Gasteiger partial charge is 0.444 e. The number of rotatable bonds is 6. The van der Waals surface area contributed by atoms with E-state index >= 15 is 0 Å². The van der Waals surface area contributed by atoms with Gasteiger partial charge in [0.15, 0.2) is 0 Å². The lowest BCUT2D eigenvalue weighted by atomic mass is 10.0. The minimum atomic E-state index is -0.463. The molecule has 2 rings (SSSR count). The first-order chi connectivity index (χ1) is 11.3. The molecule has 2 aromatic carbocycles. The molecular formula is C20H28N2O2. The summed E-state index contributed by atoms with van der Waals surface area (Å²) in [6.07, 6.45) is 0.586. The van der Waals surface area contributed by atoms with E-state index in [0.717, 1.165) is 13.0 Å². The number of amides is 1. The summed E-state index contributed by atoms with van der Waals surface area (Å²) < 4.78 is 5.23. The standard InChI is InChI=1S/C20H28N2O2/c1-15(14-22-19(23)24-20(2,3)4)21-13-12-17-10-7-9-16-8-5-6-11-18(16)17/h5-11,15,21H,12-14H2,1-4H3,(H,22,23). The van der Waals surface area contributed by atoms with Crippen LogP contribution in [0.5, 0.6) is 0 Å². The van der Waals surface area contributed by atoms with E-state index in [-0.39, 0.29) is 12.1 Å². The number of benzene rings is 2. The van der Waals surface area contributed by atoms with Gasteiger partial charge in [-0.25, -0.2) is 4.79 Å². The van der Waals surface area contributed by atoms with Gasteiger partial charge in [0.1, 0.15) is 5.60 Å². The van der Waals surface area contributed by atoms with Gasteiger partial charge < -0.3 is 15.4 Å². The van der Waals surface area contributed by atoms with Gasteiger partial charge in [0, 0.05) is 12.6 Å². The van der Waals surface area contributed by atoms with E-state index in [9.17, 15) is 4.79 Å². The topological polar surface area (TPSA) is 50.4 Å². The molecular weight excluding hydrogens is 300 g/mol. The molecule has 1 unspecified atom stereocenters. The van der Waals surface area contributed by atoms with Crippen molar-refractivity contribution in [1.82, 2.24) is 10.6 Å². The van der Waals surface area contributed by atoms with Crippen molar-refractivity contribution < 1.29 is 9.53 Å². The number of hydrogen-bond acceptors (Lipinski definition) is 3. The first-order valence-electron chi connectivity index (χ1n) is 8.52. The second-order valence-corrected chi connectivity index (χ2v) is 7.13. The van der Waals surface area contributed by atoms with Crippen LogP contribution in [0.25, 0.3) is 10.8 Å². The summed E-state index contributed by atoms with van der Waals surface area (Å²) in [7, 11) is 0. The fraction of sp³-hybridized carbons (Fsp3) is 0.450. The molecule has 24 heavy (non-hydrogen) atoms. The van der Waals surface area contributed by atoms with Crippen LogP contribution in [0.4, 0.5) is 4.79 Å². The number of carbonyl (C=O) groups is 1. The number of nitrogens with one attached hydrogen (secondary N) is 2. The molecule has 1 amide bonds. The maximum absolute atomic E-state index is 11.6. The van der Waals surface area contributed by atoms with E-state index in [1.165, 1.54) is 16.3 Å². The Labute approximate surface area is 144 Å². The van der Waals surface area contributed by atoms with Crippen LogP contribution in [-0.4, -0.2) is 30.8 Å². The van der Waals surface area contributed by atoms with Crippen molar-refractivity contribution in [2.45, 2.75) is 45.8 Å². The molecule has 0 aliphatic rings. The molecule has 0 fully saturated rings. The minimum Gasteiger partial charge on any atom is -0.444 e. The van der Waals surface area contributed by atoms with Gasteiger partial charge in [-0.3, -0.25) is 0 Å². The molecule has 0 spiro atoms. The molecule has 2 N–H and O–H groups in total. The van der Waals surface area contributed by atoms with Crippen molar-refractivity contribution in [3.05, 3.63) is 48.0 Å². The van der Waals surface area contributed by atoms with Gasteiger partial charge in [-0.1, -0.05) is 42.5 Å². The summed E-state index contributed by atoms with van der Waals surface area (Å²) in [5.41, 5.74) is 0.877. The van der Waals surface area contributed by atoms with E-state index in [1.807, 2.05) is 20.8 Å². The number of ether oxygens (including phenoxy) is 1. The lowest BCUT2D eigenvalue weighted by molar-refractivity contribution is 0.0523. The van der Waals surface area contributed by atoms with Gasteiger partial charge in [0.05, 0.1) is 0 Å². The Hall–Kier alpha value is -2.07. The maximum atomic E-state index is 11.6. The summed E-state index contributed by atoms with van der Waals surface area (Å²) in [5.74, 6) is 0. The Morgan fingerprint density at radius 2 is 1.83 bits per heavy atom. The van der Waals surface area contributed by atoms with Crippen LogP contribution in [0.1, 0.15) is 33.3 Å². The highest BCUT2D eigenvalue weighted by atomic mass is 16.6. The summed E-state index contributed by atoms with van der Waals surface area (Å²) in [4.78, 5) is 11.6. The maximum Gasteiger partial charge on any atom is 0.407 e. The zero-order valence-corrected chi connectivity index (χ0v) is 15.1. The van der Waals surface area contributed by atoms with Crippen LogP contribution in [0, 0.1) is 0 Å². The van der Waals surface area contributed by atoms with Crippen molar-refractivity contribution in [3.8, 4) is 0 Å². The van der Waals surface area contributed by atoms with Gasteiger partial charge in [-0.05, 0) is 57.0 Å². The predicted molar refractivity (Wildman–Crippen MR) is 99.4 cm³/mol. The fourth-order valence-electron chi connectivity index (χ4n) is 2.59. The van der Waals surface area contributed by atoms with E-state index in [1.54, 1.807) is 0 Å². The average molecular weight is 328 g/mol. The molecule has 0 saturated carbocycles. The number of carbonyl (C=O) groups excluding carboxylic acids is 1. The van der Waals surface area contributed by atoms with Crippen LogP contribution in [0.3, 0.4) is 0 Å². The van der Waals surface area contributed by atoms with E-state index < -0.39 is 5.60 Å². The lowest BCUT2D eigenvalue weighted by Gasteiger charge is -2.21. The van der Waals surface area contributed by atoms with Crippen molar-refractivity contribution in [2.24, 2.45) is 0 Å². The Morgan fingerprint density at radius 3 is 2.58 bits per heavy atom. The zero-order valence-electron chi connectivity index (χ0n) is 15.1. The summed E-state index contributed by atoms with van der Waals surface area (Å²) in [6.45, 7) is 9.05. The van der Waals surface area contributed by atoms with Gasteiger partial charge in [-0.2, -0.15) is 0 Å². The summed E-state index contributed by atoms with van der Waals surface area (Å²) >= 11 is 0. The van der Waals surface area contributed by atoms with Gasteiger partial charge in [0.25, 0.3) is 0 Å². The Bertz CT molecular complexity index is 671. The van der Waals surface area contributed by atoms with Crippen LogP contribution >= 0.6 is 0 Å². The summed E-state index contributed by atoms with van der Waals surface area (Å²) in [6, 6.07) is 15.0. The average Bonchev–Trinajstić information content (AvgIpc) is 2.51. The van der Waals surface area contributed by atoms with Crippen molar-refractivity contribution in [3.63, 3.8) is 0 Å². The molecule has 0 heterocycles. The Morgan fingerprint density at radius 1 is 1.12 bits per heavy atom. The highest BCUT2D eigenvalue weighted by Gasteiger charge is 2.16. The molecule has 1 atom stereocenters. The first kappa shape index (κ1) is 18.3. The van der Waals surface area contributed by atoms with Gasteiger partial charge >= 0.3 is 6.09 Å². The quantitative estimate of drug-likeness (QED) is 0.846. The van der Waals surface area contributed by atoms with Gasteiger partial charge in [-0.15, -0.1) is 0 Å². The number of alkyl carbamates (subject to hydrolysis) is 1. The zero-order chi connectivity index (χ0) is 17.6. The van der Waals surface area contributed by atoms with Gasteiger partial charge in [0.2, 0.25) is 0 Å². The number of fused-ring (bicyclic) bond motifs is 1. The third-order valence-electron chi connectivity index (χ3n) is 3.72. The minimum absolute atomic E-state index is 0.187. The van der Waals surface area contributed by atoms with E-state index in [0.29, 0.717) is 6.54 Å². The summed E-state index contributed by atoms with van der Waals surface area (Å²) in [5, 5.41) is 8.82. The monoisotopic (exact) mass is 328 g/mol. The third-order valence-corrected chi connectivity index (χ3v) is 3.72. The van der Waals surface area contributed by atoms with E-state index in [2.05, 4.69) is 60.0 Å². The molecule has 130 valence electrons.